The number of piperidine rings is 1. The Morgan fingerprint density at radius 1 is 1.16 bits per heavy atom. The van der Waals surface area contributed by atoms with Gasteiger partial charge in [-0.15, -0.1) is 0 Å². The smallest absolute Gasteiger partial charge is 0.122 e. The number of rotatable bonds is 7. The van der Waals surface area contributed by atoms with Crippen molar-refractivity contribution in [1.82, 2.24) is 5.32 Å². The highest BCUT2D eigenvalue weighted by molar-refractivity contribution is 5.32. The van der Waals surface area contributed by atoms with Crippen LogP contribution in [0, 0.1) is 5.92 Å². The lowest BCUT2D eigenvalue weighted by molar-refractivity contribution is 0.214. The van der Waals surface area contributed by atoms with Gasteiger partial charge in [0.2, 0.25) is 0 Å². The molecule has 0 spiro atoms. The Morgan fingerprint density at radius 2 is 1.89 bits per heavy atom. The van der Waals surface area contributed by atoms with E-state index in [9.17, 15) is 0 Å². The molecule has 0 amide bonds. The van der Waals surface area contributed by atoms with Crippen LogP contribution in [0.15, 0.2) is 24.3 Å². The average Bonchev–Trinajstić information content (AvgIpc) is 2.47. The van der Waals surface area contributed by atoms with E-state index in [1.165, 1.54) is 12.8 Å². The van der Waals surface area contributed by atoms with Crippen LogP contribution in [-0.2, 0) is 0 Å². The summed E-state index contributed by atoms with van der Waals surface area (Å²) in [5, 5.41) is 3.38. The molecule has 0 aliphatic carbocycles. The van der Waals surface area contributed by atoms with Gasteiger partial charge in [0, 0.05) is 6.07 Å². The summed E-state index contributed by atoms with van der Waals surface area (Å²) in [4.78, 5) is 0. The molecule has 106 valence electrons. The monoisotopic (exact) mass is 263 g/mol. The molecule has 1 aromatic rings. The van der Waals surface area contributed by atoms with E-state index in [0.717, 1.165) is 50.6 Å². The predicted octanol–water partition coefficient (Wildman–Crippen LogP) is 3.24. The molecule has 1 N–H and O–H groups in total. The number of hydrogen-bond donors (Lipinski definition) is 1. The van der Waals surface area contributed by atoms with E-state index in [0.29, 0.717) is 5.92 Å². The highest BCUT2D eigenvalue weighted by Crippen LogP contribution is 2.21. The molecule has 0 radical (unpaired) electrons. The molecule has 0 saturated carbocycles. The summed E-state index contributed by atoms with van der Waals surface area (Å²) in [5.74, 6) is 2.52. The van der Waals surface area contributed by atoms with Gasteiger partial charge in [-0.1, -0.05) is 19.4 Å². The van der Waals surface area contributed by atoms with Crippen molar-refractivity contribution in [1.29, 1.82) is 0 Å². The molecule has 0 unspecified atom stereocenters. The van der Waals surface area contributed by atoms with Gasteiger partial charge in [-0.3, -0.25) is 0 Å². The minimum absolute atomic E-state index is 0.686. The zero-order valence-corrected chi connectivity index (χ0v) is 11.9. The standard InChI is InChI=1S/C16H25NO2/c1-2-3-11-18-15-5-4-6-16(12-15)19-13-14-7-9-17-10-8-14/h4-6,12,14,17H,2-3,7-11,13H2,1H3. The molecule has 0 aromatic heterocycles. The molecule has 3 nitrogen and oxygen atoms in total. The second-order valence-corrected chi connectivity index (χ2v) is 5.18. The average molecular weight is 263 g/mol. The van der Waals surface area contributed by atoms with Gasteiger partial charge in [0.05, 0.1) is 13.2 Å². The predicted molar refractivity (Wildman–Crippen MR) is 77.9 cm³/mol. The first-order valence-corrected chi connectivity index (χ1v) is 7.45. The first-order valence-electron chi connectivity index (χ1n) is 7.45. The molecule has 1 aliphatic heterocycles. The first kappa shape index (κ1) is 14.2. The van der Waals surface area contributed by atoms with Crippen molar-refractivity contribution in [2.75, 3.05) is 26.3 Å². The molecular weight excluding hydrogens is 238 g/mol. The van der Waals surface area contributed by atoms with Gasteiger partial charge in [-0.2, -0.15) is 0 Å². The quantitative estimate of drug-likeness (QED) is 0.766. The maximum absolute atomic E-state index is 5.88. The molecule has 19 heavy (non-hydrogen) atoms. The largest absolute Gasteiger partial charge is 0.493 e. The van der Waals surface area contributed by atoms with Crippen LogP contribution in [0.1, 0.15) is 32.6 Å². The molecule has 1 aliphatic rings. The number of unbranched alkanes of at least 4 members (excludes halogenated alkanes) is 1. The van der Waals surface area contributed by atoms with Crippen molar-refractivity contribution in [2.45, 2.75) is 32.6 Å². The summed E-state index contributed by atoms with van der Waals surface area (Å²) in [7, 11) is 0. The van der Waals surface area contributed by atoms with Crippen LogP contribution in [-0.4, -0.2) is 26.3 Å². The molecular formula is C16H25NO2. The fraction of sp³-hybridized carbons (Fsp3) is 0.625. The second kappa shape index (κ2) is 8.05. The van der Waals surface area contributed by atoms with Crippen molar-refractivity contribution in [3.05, 3.63) is 24.3 Å². The molecule has 1 fully saturated rings. The van der Waals surface area contributed by atoms with Crippen LogP contribution in [0.3, 0.4) is 0 Å². The summed E-state index contributed by atoms with van der Waals surface area (Å²) in [6.07, 6.45) is 4.69. The summed E-state index contributed by atoms with van der Waals surface area (Å²) < 4.78 is 11.6. The van der Waals surface area contributed by atoms with Crippen LogP contribution in [0.5, 0.6) is 11.5 Å². The molecule has 3 heteroatoms. The number of benzene rings is 1. The van der Waals surface area contributed by atoms with Crippen LogP contribution in [0.2, 0.25) is 0 Å². The Balaban J connectivity index is 1.77. The van der Waals surface area contributed by atoms with Gasteiger partial charge in [0.1, 0.15) is 11.5 Å². The summed E-state index contributed by atoms with van der Waals surface area (Å²) in [6, 6.07) is 8.00. The van der Waals surface area contributed by atoms with Gasteiger partial charge < -0.3 is 14.8 Å². The topological polar surface area (TPSA) is 30.5 Å². The van der Waals surface area contributed by atoms with Gasteiger partial charge in [0.25, 0.3) is 0 Å². The third-order valence-electron chi connectivity index (χ3n) is 3.52. The fourth-order valence-corrected chi connectivity index (χ4v) is 2.25. The zero-order valence-electron chi connectivity index (χ0n) is 11.9. The number of ether oxygens (including phenoxy) is 2. The highest BCUT2D eigenvalue weighted by Gasteiger charge is 2.13. The lowest BCUT2D eigenvalue weighted by atomic mass is 9.99. The van der Waals surface area contributed by atoms with Crippen LogP contribution in [0.25, 0.3) is 0 Å². The SMILES string of the molecule is CCCCOc1cccc(OCC2CCNCC2)c1. The zero-order chi connectivity index (χ0) is 13.3. The van der Waals surface area contributed by atoms with E-state index in [1.807, 2.05) is 24.3 Å². The Bertz CT molecular complexity index is 362. The minimum Gasteiger partial charge on any atom is -0.493 e. The summed E-state index contributed by atoms with van der Waals surface area (Å²) in [5.41, 5.74) is 0. The number of hydrogen-bond acceptors (Lipinski definition) is 3. The van der Waals surface area contributed by atoms with Crippen molar-refractivity contribution in [3.8, 4) is 11.5 Å². The van der Waals surface area contributed by atoms with E-state index < -0.39 is 0 Å². The van der Waals surface area contributed by atoms with Gasteiger partial charge in [-0.25, -0.2) is 0 Å². The van der Waals surface area contributed by atoms with E-state index in [2.05, 4.69) is 12.2 Å². The van der Waals surface area contributed by atoms with Gasteiger partial charge >= 0.3 is 0 Å². The van der Waals surface area contributed by atoms with Gasteiger partial charge in [0.15, 0.2) is 0 Å². The maximum atomic E-state index is 5.88. The molecule has 1 saturated heterocycles. The normalized spacial score (nSPS) is 16.3. The Kier molecular flexibility index (Phi) is 6.02. The lowest BCUT2D eigenvalue weighted by Crippen LogP contribution is -2.30. The first-order chi connectivity index (χ1) is 9.38. The van der Waals surface area contributed by atoms with Crippen molar-refractivity contribution in [2.24, 2.45) is 5.92 Å². The maximum Gasteiger partial charge on any atom is 0.122 e. The third kappa shape index (κ3) is 5.11. The van der Waals surface area contributed by atoms with E-state index in [1.54, 1.807) is 0 Å². The lowest BCUT2D eigenvalue weighted by Gasteiger charge is -2.22. The van der Waals surface area contributed by atoms with Crippen LogP contribution >= 0.6 is 0 Å². The molecule has 1 aromatic carbocycles. The van der Waals surface area contributed by atoms with E-state index >= 15 is 0 Å². The third-order valence-corrected chi connectivity index (χ3v) is 3.52. The fourth-order valence-electron chi connectivity index (χ4n) is 2.25. The molecule has 1 heterocycles. The second-order valence-electron chi connectivity index (χ2n) is 5.18. The Hall–Kier alpha value is -1.22. The van der Waals surface area contributed by atoms with Crippen molar-refractivity contribution >= 4 is 0 Å². The van der Waals surface area contributed by atoms with Crippen LogP contribution < -0.4 is 14.8 Å². The summed E-state index contributed by atoms with van der Waals surface area (Å²) >= 11 is 0. The molecule has 0 atom stereocenters. The Labute approximate surface area is 116 Å². The minimum atomic E-state index is 0.686. The van der Waals surface area contributed by atoms with Crippen molar-refractivity contribution < 1.29 is 9.47 Å². The van der Waals surface area contributed by atoms with E-state index in [-0.39, 0.29) is 0 Å². The Morgan fingerprint density at radius 3 is 2.63 bits per heavy atom. The highest BCUT2D eigenvalue weighted by atomic mass is 16.5. The van der Waals surface area contributed by atoms with Crippen molar-refractivity contribution in [3.63, 3.8) is 0 Å². The molecule has 2 rings (SSSR count). The van der Waals surface area contributed by atoms with Gasteiger partial charge in [-0.05, 0) is 50.4 Å². The summed E-state index contributed by atoms with van der Waals surface area (Å²) in [6.45, 7) is 6.01. The number of nitrogens with one attached hydrogen (secondary N) is 1. The van der Waals surface area contributed by atoms with E-state index in [4.69, 9.17) is 9.47 Å². The molecule has 0 bridgehead atoms. The van der Waals surface area contributed by atoms with Crippen LogP contribution in [0.4, 0.5) is 0 Å².